The van der Waals surface area contributed by atoms with Crippen molar-refractivity contribution in [2.75, 3.05) is 18.7 Å². The Kier molecular flexibility index (Phi) is 6.81. The lowest BCUT2D eigenvalue weighted by atomic mass is 10.3. The molecule has 0 bridgehead atoms. The number of alkyl halides is 2. The van der Waals surface area contributed by atoms with Gasteiger partial charge in [0.2, 0.25) is 0 Å². The van der Waals surface area contributed by atoms with E-state index in [-0.39, 0.29) is 29.0 Å². The standard InChI is InChI=1S/C16H17ClF2N4O3/c1-24-13-3-2-6-22-15(13)25-9-10(20)8-23(21)11-4-5-12(17)14(7-11)26-16(18)19/h2-8,16H,9,20-21H2,1H3/b10-8-. The van der Waals surface area contributed by atoms with E-state index < -0.39 is 6.61 Å². The van der Waals surface area contributed by atoms with Gasteiger partial charge in [-0.3, -0.25) is 5.01 Å². The van der Waals surface area contributed by atoms with Crippen molar-refractivity contribution in [3.63, 3.8) is 0 Å². The Morgan fingerprint density at radius 3 is 2.81 bits per heavy atom. The molecule has 140 valence electrons. The molecule has 1 aromatic carbocycles. The molecule has 4 N–H and O–H groups in total. The van der Waals surface area contributed by atoms with Crippen LogP contribution in [-0.4, -0.2) is 25.3 Å². The first-order chi connectivity index (χ1) is 12.4. The van der Waals surface area contributed by atoms with Crippen molar-refractivity contribution in [3.05, 3.63) is 53.4 Å². The topological polar surface area (TPSA) is 95.9 Å². The van der Waals surface area contributed by atoms with Crippen molar-refractivity contribution in [2.24, 2.45) is 11.6 Å². The zero-order chi connectivity index (χ0) is 19.1. The molecule has 0 aliphatic rings. The Morgan fingerprint density at radius 1 is 1.35 bits per heavy atom. The fourth-order valence-electron chi connectivity index (χ4n) is 1.92. The largest absolute Gasteiger partial charge is 0.491 e. The van der Waals surface area contributed by atoms with Gasteiger partial charge in [-0.15, -0.1) is 0 Å². The molecule has 10 heteroatoms. The van der Waals surface area contributed by atoms with E-state index in [4.69, 9.17) is 32.7 Å². The number of hydrogen-bond donors (Lipinski definition) is 2. The number of pyridine rings is 1. The van der Waals surface area contributed by atoms with E-state index >= 15 is 0 Å². The Labute approximate surface area is 153 Å². The molecule has 0 spiro atoms. The van der Waals surface area contributed by atoms with Crippen LogP contribution in [0.3, 0.4) is 0 Å². The summed E-state index contributed by atoms with van der Waals surface area (Å²) < 4.78 is 39.7. The summed E-state index contributed by atoms with van der Waals surface area (Å²) in [6.07, 6.45) is 2.91. The molecule has 0 aliphatic carbocycles. The zero-order valence-corrected chi connectivity index (χ0v) is 14.5. The maximum atomic E-state index is 12.4. The molecule has 1 heterocycles. The Bertz CT molecular complexity index is 777. The molecular formula is C16H17ClF2N4O3. The third kappa shape index (κ3) is 5.36. The number of hydrazine groups is 1. The Morgan fingerprint density at radius 2 is 2.12 bits per heavy atom. The van der Waals surface area contributed by atoms with Crippen LogP contribution < -0.4 is 30.8 Å². The summed E-state index contributed by atoms with van der Waals surface area (Å²) in [4.78, 5) is 4.03. The van der Waals surface area contributed by atoms with Crippen molar-refractivity contribution in [2.45, 2.75) is 6.61 Å². The van der Waals surface area contributed by atoms with Crippen LogP contribution in [0.15, 0.2) is 48.4 Å². The minimum absolute atomic E-state index is 0.0188. The van der Waals surface area contributed by atoms with Crippen LogP contribution in [0.25, 0.3) is 0 Å². The molecule has 0 radical (unpaired) electrons. The number of nitrogens with two attached hydrogens (primary N) is 2. The molecule has 0 amide bonds. The van der Waals surface area contributed by atoms with Crippen LogP contribution in [0.2, 0.25) is 5.02 Å². The maximum Gasteiger partial charge on any atom is 0.387 e. The quantitative estimate of drug-likeness (QED) is 0.532. The minimum atomic E-state index is -3.00. The van der Waals surface area contributed by atoms with Gasteiger partial charge in [-0.05, 0) is 24.3 Å². The van der Waals surface area contributed by atoms with Crippen LogP contribution in [0.5, 0.6) is 17.4 Å². The highest BCUT2D eigenvalue weighted by Crippen LogP contribution is 2.30. The van der Waals surface area contributed by atoms with Crippen molar-refractivity contribution >= 4 is 17.3 Å². The first-order valence-electron chi connectivity index (χ1n) is 7.27. The fraction of sp³-hybridized carbons (Fsp3) is 0.188. The van der Waals surface area contributed by atoms with Gasteiger partial charge in [0.25, 0.3) is 5.88 Å². The average molecular weight is 387 g/mol. The maximum absolute atomic E-state index is 12.4. The van der Waals surface area contributed by atoms with E-state index in [9.17, 15) is 8.78 Å². The van der Waals surface area contributed by atoms with Gasteiger partial charge in [0, 0.05) is 18.5 Å². The zero-order valence-electron chi connectivity index (χ0n) is 13.7. The summed E-state index contributed by atoms with van der Waals surface area (Å²) in [5.41, 5.74) is 6.46. The van der Waals surface area contributed by atoms with E-state index in [0.29, 0.717) is 11.4 Å². The number of hydrogen-bond acceptors (Lipinski definition) is 7. The lowest BCUT2D eigenvalue weighted by molar-refractivity contribution is -0.0497. The van der Waals surface area contributed by atoms with E-state index in [1.807, 2.05) is 0 Å². The van der Waals surface area contributed by atoms with Crippen LogP contribution in [0.4, 0.5) is 14.5 Å². The summed E-state index contributed by atoms with van der Waals surface area (Å²) in [5.74, 6) is 6.39. The highest BCUT2D eigenvalue weighted by Gasteiger charge is 2.11. The summed E-state index contributed by atoms with van der Waals surface area (Å²) in [6.45, 7) is -3.02. The van der Waals surface area contributed by atoms with E-state index in [1.54, 1.807) is 18.3 Å². The third-order valence-corrected chi connectivity index (χ3v) is 3.38. The molecule has 2 aromatic rings. The first-order valence-corrected chi connectivity index (χ1v) is 7.64. The molecule has 0 aliphatic heterocycles. The van der Waals surface area contributed by atoms with Gasteiger partial charge in [-0.25, -0.2) is 10.8 Å². The number of halogens is 3. The van der Waals surface area contributed by atoms with Crippen molar-refractivity contribution < 1.29 is 23.0 Å². The average Bonchev–Trinajstić information content (AvgIpc) is 2.61. The summed E-state index contributed by atoms with van der Waals surface area (Å²) in [5, 5.41) is 1.16. The molecular weight excluding hydrogens is 370 g/mol. The van der Waals surface area contributed by atoms with Gasteiger partial charge in [-0.2, -0.15) is 8.78 Å². The minimum Gasteiger partial charge on any atom is -0.491 e. The number of nitrogens with zero attached hydrogens (tertiary/aromatic N) is 2. The lowest BCUT2D eigenvalue weighted by Crippen LogP contribution is -2.27. The molecule has 0 saturated carbocycles. The summed E-state index contributed by atoms with van der Waals surface area (Å²) in [7, 11) is 1.49. The lowest BCUT2D eigenvalue weighted by Gasteiger charge is -2.17. The van der Waals surface area contributed by atoms with E-state index in [1.165, 1.54) is 31.5 Å². The number of methoxy groups -OCH3 is 1. The van der Waals surface area contributed by atoms with Crippen molar-refractivity contribution in [3.8, 4) is 17.4 Å². The number of benzene rings is 1. The first kappa shape index (κ1) is 19.5. The molecule has 0 atom stereocenters. The molecule has 0 fully saturated rings. The van der Waals surface area contributed by atoms with Gasteiger partial charge in [0.1, 0.15) is 12.4 Å². The molecule has 7 nitrogen and oxygen atoms in total. The molecule has 0 saturated heterocycles. The van der Waals surface area contributed by atoms with E-state index in [2.05, 4.69) is 9.72 Å². The SMILES string of the molecule is COc1cccnc1OC/C(N)=C/N(N)c1ccc(Cl)c(OC(F)F)c1. The van der Waals surface area contributed by atoms with E-state index in [0.717, 1.165) is 5.01 Å². The highest BCUT2D eigenvalue weighted by molar-refractivity contribution is 6.32. The second kappa shape index (κ2) is 9.07. The van der Waals surface area contributed by atoms with Crippen molar-refractivity contribution in [1.29, 1.82) is 0 Å². The van der Waals surface area contributed by atoms with Crippen LogP contribution in [0, 0.1) is 0 Å². The third-order valence-electron chi connectivity index (χ3n) is 3.07. The molecule has 26 heavy (non-hydrogen) atoms. The van der Waals surface area contributed by atoms with Crippen molar-refractivity contribution in [1.82, 2.24) is 4.98 Å². The second-order valence-corrected chi connectivity index (χ2v) is 5.31. The Hall–Kier alpha value is -2.78. The van der Waals surface area contributed by atoms with Gasteiger partial charge >= 0.3 is 6.61 Å². The number of rotatable bonds is 8. The number of aromatic nitrogens is 1. The predicted octanol–water partition coefficient (Wildman–Crippen LogP) is 2.90. The van der Waals surface area contributed by atoms with Crippen LogP contribution in [-0.2, 0) is 0 Å². The van der Waals surface area contributed by atoms with Crippen LogP contribution >= 0.6 is 11.6 Å². The van der Waals surface area contributed by atoms with Gasteiger partial charge in [-0.1, -0.05) is 11.6 Å². The van der Waals surface area contributed by atoms with Gasteiger partial charge in [0.15, 0.2) is 5.75 Å². The molecule has 0 unspecified atom stereocenters. The fourth-order valence-corrected chi connectivity index (χ4v) is 2.08. The van der Waals surface area contributed by atoms with Crippen LogP contribution in [0.1, 0.15) is 0 Å². The smallest absolute Gasteiger partial charge is 0.387 e. The normalized spacial score (nSPS) is 11.4. The second-order valence-electron chi connectivity index (χ2n) is 4.90. The van der Waals surface area contributed by atoms with Gasteiger partial charge < -0.3 is 19.9 Å². The number of anilines is 1. The summed E-state index contributed by atoms with van der Waals surface area (Å²) >= 11 is 5.80. The highest BCUT2D eigenvalue weighted by atomic mass is 35.5. The van der Waals surface area contributed by atoms with Gasteiger partial charge in [0.05, 0.1) is 23.5 Å². The molecule has 1 aromatic heterocycles. The predicted molar refractivity (Wildman–Crippen MR) is 93.3 cm³/mol. The Balaban J connectivity index is 2.06. The molecule has 2 rings (SSSR count). The number of ether oxygens (including phenoxy) is 3. The summed E-state index contributed by atoms with van der Waals surface area (Å²) in [6, 6.07) is 7.56. The monoisotopic (exact) mass is 386 g/mol.